The molecule has 0 aliphatic rings. The number of aromatic nitrogens is 1. The van der Waals surface area contributed by atoms with Gasteiger partial charge >= 0.3 is 0 Å². The summed E-state index contributed by atoms with van der Waals surface area (Å²) >= 11 is 0. The first-order valence-electron chi connectivity index (χ1n) is 7.74. The molecule has 1 heterocycles. The Labute approximate surface area is 135 Å². The largest absolute Gasteiger partial charge is 0.361 e. The van der Waals surface area contributed by atoms with Gasteiger partial charge in [0.25, 0.3) is 0 Å². The first-order chi connectivity index (χ1) is 11.1. The molecule has 3 N–H and O–H groups in total. The molecule has 3 rings (SSSR count). The zero-order valence-electron chi connectivity index (χ0n) is 13.2. The molecule has 4 heteroatoms. The van der Waals surface area contributed by atoms with E-state index in [-0.39, 0.29) is 5.91 Å². The minimum Gasteiger partial charge on any atom is -0.361 e. The summed E-state index contributed by atoms with van der Waals surface area (Å²) in [6.07, 6.45) is 2.47. The van der Waals surface area contributed by atoms with E-state index in [0.29, 0.717) is 13.0 Å². The molecule has 0 fully saturated rings. The number of aromatic amines is 1. The van der Waals surface area contributed by atoms with Crippen LogP contribution >= 0.6 is 0 Å². The number of rotatable bonds is 5. The minimum absolute atomic E-state index is 0.0425. The van der Waals surface area contributed by atoms with Crippen molar-refractivity contribution < 1.29 is 4.79 Å². The predicted octanol–water partition coefficient (Wildman–Crippen LogP) is 2.70. The van der Waals surface area contributed by atoms with Gasteiger partial charge < -0.3 is 15.6 Å². The van der Waals surface area contributed by atoms with Gasteiger partial charge in [-0.1, -0.05) is 48.5 Å². The van der Waals surface area contributed by atoms with Gasteiger partial charge in [0.1, 0.15) is 0 Å². The molecule has 118 valence electrons. The summed E-state index contributed by atoms with van der Waals surface area (Å²) in [5.41, 5.74) is 9.40. The van der Waals surface area contributed by atoms with Crippen molar-refractivity contribution in [1.82, 2.24) is 9.88 Å². The lowest BCUT2D eigenvalue weighted by Crippen LogP contribution is -2.42. The maximum atomic E-state index is 12.5. The SMILES string of the molecule is CN(Cc1ccccc1)C(=O)[C@@H](N)Cc1c[nH]c2ccccc12. The van der Waals surface area contributed by atoms with E-state index >= 15 is 0 Å². The lowest BCUT2D eigenvalue weighted by atomic mass is 10.0. The van der Waals surface area contributed by atoms with Crippen molar-refractivity contribution in [2.75, 3.05) is 7.05 Å². The molecule has 0 saturated heterocycles. The molecule has 0 bridgehead atoms. The third-order valence-electron chi connectivity index (χ3n) is 4.07. The van der Waals surface area contributed by atoms with E-state index in [2.05, 4.69) is 4.98 Å². The number of hydrogen-bond donors (Lipinski definition) is 2. The number of hydrogen-bond acceptors (Lipinski definition) is 2. The summed E-state index contributed by atoms with van der Waals surface area (Å²) in [5.74, 6) is -0.0425. The van der Waals surface area contributed by atoms with E-state index in [4.69, 9.17) is 5.73 Å². The number of amides is 1. The van der Waals surface area contributed by atoms with E-state index < -0.39 is 6.04 Å². The Hall–Kier alpha value is -2.59. The minimum atomic E-state index is -0.539. The number of nitrogens with two attached hydrogens (primary N) is 1. The highest BCUT2D eigenvalue weighted by Gasteiger charge is 2.19. The molecule has 0 radical (unpaired) electrons. The predicted molar refractivity (Wildman–Crippen MR) is 92.9 cm³/mol. The van der Waals surface area contributed by atoms with E-state index in [1.165, 1.54) is 0 Å². The Balaban J connectivity index is 1.67. The molecule has 4 nitrogen and oxygen atoms in total. The zero-order valence-corrected chi connectivity index (χ0v) is 13.2. The smallest absolute Gasteiger partial charge is 0.239 e. The molecule has 1 amide bonds. The molecule has 0 aliphatic heterocycles. The summed E-state index contributed by atoms with van der Waals surface area (Å²) in [7, 11) is 1.80. The van der Waals surface area contributed by atoms with Crippen LogP contribution in [-0.2, 0) is 17.8 Å². The third-order valence-corrected chi connectivity index (χ3v) is 4.07. The summed E-state index contributed by atoms with van der Waals surface area (Å²) in [6.45, 7) is 0.571. The topological polar surface area (TPSA) is 62.1 Å². The van der Waals surface area contributed by atoms with Crippen LogP contribution in [0.3, 0.4) is 0 Å². The van der Waals surface area contributed by atoms with Gasteiger partial charge in [-0.05, 0) is 23.6 Å². The van der Waals surface area contributed by atoms with Crippen LogP contribution in [0.15, 0.2) is 60.8 Å². The van der Waals surface area contributed by atoms with Crippen LogP contribution in [-0.4, -0.2) is 28.9 Å². The highest BCUT2D eigenvalue weighted by molar-refractivity contribution is 5.86. The molecule has 2 aromatic carbocycles. The molecule has 3 aromatic rings. The second-order valence-corrected chi connectivity index (χ2v) is 5.85. The van der Waals surface area contributed by atoms with E-state index in [1.807, 2.05) is 60.8 Å². The number of benzene rings is 2. The van der Waals surface area contributed by atoms with Crippen molar-refractivity contribution >= 4 is 16.8 Å². The number of H-pyrrole nitrogens is 1. The van der Waals surface area contributed by atoms with Crippen LogP contribution in [0.25, 0.3) is 10.9 Å². The molecule has 0 spiro atoms. The quantitative estimate of drug-likeness (QED) is 0.761. The second kappa shape index (κ2) is 6.67. The average Bonchev–Trinajstić information content (AvgIpc) is 2.98. The molecule has 1 atom stereocenters. The van der Waals surface area contributed by atoms with Crippen molar-refractivity contribution in [3.8, 4) is 0 Å². The number of carbonyl (C=O) groups is 1. The van der Waals surface area contributed by atoms with Gasteiger partial charge in [-0.25, -0.2) is 0 Å². The molecular weight excluding hydrogens is 286 g/mol. The lowest BCUT2D eigenvalue weighted by Gasteiger charge is -2.21. The number of fused-ring (bicyclic) bond motifs is 1. The average molecular weight is 307 g/mol. The number of likely N-dealkylation sites (N-methyl/N-ethyl adjacent to an activating group) is 1. The zero-order chi connectivity index (χ0) is 16.2. The highest BCUT2D eigenvalue weighted by Crippen LogP contribution is 2.19. The Morgan fingerprint density at radius 1 is 1.13 bits per heavy atom. The van der Waals surface area contributed by atoms with Crippen LogP contribution < -0.4 is 5.73 Å². The van der Waals surface area contributed by atoms with Crippen LogP contribution in [0.1, 0.15) is 11.1 Å². The molecule has 1 aromatic heterocycles. The Morgan fingerprint density at radius 2 is 1.83 bits per heavy atom. The summed E-state index contributed by atoms with van der Waals surface area (Å²) in [5, 5.41) is 1.13. The van der Waals surface area contributed by atoms with Crippen molar-refractivity contribution in [3.63, 3.8) is 0 Å². The van der Waals surface area contributed by atoms with Gasteiger partial charge in [0, 0.05) is 30.7 Å². The lowest BCUT2D eigenvalue weighted by molar-refractivity contribution is -0.131. The summed E-state index contributed by atoms with van der Waals surface area (Å²) in [4.78, 5) is 17.4. The summed E-state index contributed by atoms with van der Waals surface area (Å²) in [6, 6.07) is 17.4. The van der Waals surface area contributed by atoms with Crippen molar-refractivity contribution in [1.29, 1.82) is 0 Å². The monoisotopic (exact) mass is 307 g/mol. The van der Waals surface area contributed by atoms with E-state index in [0.717, 1.165) is 22.0 Å². The first kappa shape index (κ1) is 15.3. The normalized spacial score (nSPS) is 12.3. The van der Waals surface area contributed by atoms with Crippen molar-refractivity contribution in [2.45, 2.75) is 19.0 Å². The molecule has 0 aliphatic carbocycles. The van der Waals surface area contributed by atoms with Gasteiger partial charge in [0.05, 0.1) is 6.04 Å². The highest BCUT2D eigenvalue weighted by atomic mass is 16.2. The van der Waals surface area contributed by atoms with Crippen LogP contribution in [0.5, 0.6) is 0 Å². The van der Waals surface area contributed by atoms with Gasteiger partial charge in [-0.3, -0.25) is 4.79 Å². The Morgan fingerprint density at radius 3 is 2.61 bits per heavy atom. The molecule has 0 saturated carbocycles. The van der Waals surface area contributed by atoms with Crippen LogP contribution in [0.4, 0.5) is 0 Å². The molecular formula is C19H21N3O. The number of para-hydroxylation sites is 1. The Kier molecular flexibility index (Phi) is 4.44. The molecule has 0 unspecified atom stereocenters. The maximum Gasteiger partial charge on any atom is 0.239 e. The first-order valence-corrected chi connectivity index (χ1v) is 7.74. The van der Waals surface area contributed by atoms with E-state index in [9.17, 15) is 4.79 Å². The fraction of sp³-hybridized carbons (Fsp3) is 0.211. The second-order valence-electron chi connectivity index (χ2n) is 5.85. The molecule has 23 heavy (non-hydrogen) atoms. The Bertz CT molecular complexity index is 794. The van der Waals surface area contributed by atoms with Crippen LogP contribution in [0, 0.1) is 0 Å². The van der Waals surface area contributed by atoms with Crippen molar-refractivity contribution in [3.05, 3.63) is 71.9 Å². The third kappa shape index (κ3) is 3.43. The fourth-order valence-electron chi connectivity index (χ4n) is 2.84. The standard InChI is InChI=1S/C19H21N3O/c1-22(13-14-7-3-2-4-8-14)19(23)17(20)11-15-12-21-18-10-6-5-9-16(15)18/h2-10,12,17,21H,11,13,20H2,1H3/t17-/m0/s1. The number of nitrogens with one attached hydrogen (secondary N) is 1. The van der Waals surface area contributed by atoms with Gasteiger partial charge in [-0.15, -0.1) is 0 Å². The maximum absolute atomic E-state index is 12.5. The van der Waals surface area contributed by atoms with E-state index in [1.54, 1.807) is 11.9 Å². The number of nitrogens with zero attached hydrogens (tertiary/aromatic N) is 1. The van der Waals surface area contributed by atoms with Crippen LogP contribution in [0.2, 0.25) is 0 Å². The van der Waals surface area contributed by atoms with Gasteiger partial charge in [0.2, 0.25) is 5.91 Å². The fourth-order valence-corrected chi connectivity index (χ4v) is 2.84. The summed E-state index contributed by atoms with van der Waals surface area (Å²) < 4.78 is 0. The van der Waals surface area contributed by atoms with Gasteiger partial charge in [-0.2, -0.15) is 0 Å². The van der Waals surface area contributed by atoms with Crippen molar-refractivity contribution in [2.24, 2.45) is 5.73 Å². The van der Waals surface area contributed by atoms with Gasteiger partial charge in [0.15, 0.2) is 0 Å². The number of carbonyl (C=O) groups excluding carboxylic acids is 1.